The zero-order valence-corrected chi connectivity index (χ0v) is 17.7. The van der Waals surface area contributed by atoms with Crippen molar-refractivity contribution >= 4 is 17.6 Å². The molecular weight excluding hydrogens is 342 g/mol. The van der Waals surface area contributed by atoms with E-state index in [1.54, 1.807) is 0 Å². The zero-order valence-electron chi connectivity index (χ0n) is 17.7. The van der Waals surface area contributed by atoms with Crippen LogP contribution in [0.2, 0.25) is 0 Å². The van der Waals surface area contributed by atoms with Crippen molar-refractivity contribution in [1.29, 1.82) is 0 Å². The van der Waals surface area contributed by atoms with Gasteiger partial charge in [0.25, 0.3) is 0 Å². The van der Waals surface area contributed by atoms with E-state index in [9.17, 15) is 0 Å². The molecule has 3 rings (SSSR count). The smallest absolute Gasteiger partial charge is 0.130 e. The Morgan fingerprint density at radius 3 is 1.86 bits per heavy atom. The average molecular weight is 372 g/mol. The molecule has 0 saturated heterocycles. The number of nitrogens with one attached hydrogen (secondary N) is 1. The standard InChI is InChI=1S/C25H29N3/c1-16-12-18(3)24(19(4)13-16)26-11-10-22-8-7-9-23(27-22)28-25-20(5)14-17(2)15-21(25)6/h7-9,11-15H,10H2,1-6H3,(H,27,28). The van der Waals surface area contributed by atoms with Crippen LogP contribution < -0.4 is 5.49 Å². The lowest BCUT2D eigenvalue weighted by atomic mass is 10.1. The van der Waals surface area contributed by atoms with Gasteiger partial charge in [-0.05, 0) is 75.9 Å². The summed E-state index contributed by atoms with van der Waals surface area (Å²) in [4.78, 5) is 13.0. The summed E-state index contributed by atoms with van der Waals surface area (Å²) >= 11 is 0. The molecule has 144 valence electrons. The van der Waals surface area contributed by atoms with E-state index < -0.39 is 0 Å². The summed E-state index contributed by atoms with van der Waals surface area (Å²) in [5, 5.41) is 0. The Balaban J connectivity index is 1.85. The predicted molar refractivity (Wildman–Crippen MR) is 119 cm³/mol. The number of aromatic nitrogens is 1. The average Bonchev–Trinajstić information content (AvgIpc) is 2.60. The van der Waals surface area contributed by atoms with E-state index in [1.165, 1.54) is 33.4 Å². The van der Waals surface area contributed by atoms with E-state index in [0.717, 1.165) is 29.0 Å². The molecule has 0 spiro atoms. The third kappa shape index (κ3) is 4.66. The summed E-state index contributed by atoms with van der Waals surface area (Å²) in [5.74, 6) is 0. The monoisotopic (exact) mass is 371 g/mol. The van der Waals surface area contributed by atoms with Crippen LogP contribution in [0.25, 0.3) is 0 Å². The van der Waals surface area contributed by atoms with Crippen LogP contribution in [0.4, 0.5) is 11.4 Å². The molecule has 1 aromatic heterocycles. The number of benzene rings is 2. The van der Waals surface area contributed by atoms with Crippen molar-refractivity contribution in [3.05, 3.63) is 87.0 Å². The van der Waals surface area contributed by atoms with E-state index in [0.29, 0.717) is 0 Å². The van der Waals surface area contributed by atoms with Crippen molar-refractivity contribution in [2.24, 2.45) is 9.98 Å². The molecule has 0 fully saturated rings. The summed E-state index contributed by atoms with van der Waals surface area (Å²) in [5.41, 5.74) is 11.4. The number of hydrogen-bond acceptors (Lipinski definition) is 2. The second kappa shape index (κ2) is 8.39. The van der Waals surface area contributed by atoms with Crippen LogP contribution in [0.5, 0.6) is 0 Å². The minimum Gasteiger partial charge on any atom is -0.343 e. The van der Waals surface area contributed by atoms with Crippen molar-refractivity contribution in [2.75, 3.05) is 0 Å². The first kappa shape index (κ1) is 19.8. The van der Waals surface area contributed by atoms with Gasteiger partial charge in [0.05, 0.1) is 11.4 Å². The largest absolute Gasteiger partial charge is 0.343 e. The highest BCUT2D eigenvalue weighted by molar-refractivity contribution is 5.68. The summed E-state index contributed by atoms with van der Waals surface area (Å²) in [6.07, 6.45) is 2.71. The molecule has 0 saturated carbocycles. The number of aromatic amines is 1. The Morgan fingerprint density at radius 2 is 1.29 bits per heavy atom. The van der Waals surface area contributed by atoms with Crippen LogP contribution in [0, 0.1) is 41.5 Å². The number of nitrogens with zero attached hydrogens (tertiary/aromatic N) is 2. The van der Waals surface area contributed by atoms with Crippen LogP contribution >= 0.6 is 0 Å². The summed E-state index contributed by atoms with van der Waals surface area (Å²) in [6.45, 7) is 12.7. The minimum absolute atomic E-state index is 0.738. The summed E-state index contributed by atoms with van der Waals surface area (Å²) in [6, 6.07) is 14.8. The first-order valence-electron chi connectivity index (χ1n) is 9.74. The second-order valence-corrected chi connectivity index (χ2v) is 7.68. The van der Waals surface area contributed by atoms with Gasteiger partial charge in [-0.15, -0.1) is 0 Å². The van der Waals surface area contributed by atoms with Gasteiger partial charge in [0.1, 0.15) is 5.49 Å². The summed E-state index contributed by atoms with van der Waals surface area (Å²) < 4.78 is 0. The molecule has 0 amide bonds. The molecule has 0 aliphatic rings. The third-order valence-electron chi connectivity index (χ3n) is 4.87. The van der Waals surface area contributed by atoms with Crippen LogP contribution in [0.15, 0.2) is 52.4 Å². The normalized spacial score (nSPS) is 12.1. The quantitative estimate of drug-likeness (QED) is 0.543. The van der Waals surface area contributed by atoms with Gasteiger partial charge in [-0.1, -0.05) is 41.5 Å². The van der Waals surface area contributed by atoms with Gasteiger partial charge in [-0.3, -0.25) is 4.99 Å². The molecule has 0 bridgehead atoms. The van der Waals surface area contributed by atoms with Gasteiger partial charge >= 0.3 is 0 Å². The van der Waals surface area contributed by atoms with Gasteiger partial charge in [0.2, 0.25) is 0 Å². The minimum atomic E-state index is 0.738. The highest BCUT2D eigenvalue weighted by Crippen LogP contribution is 2.25. The Hall–Kier alpha value is -2.94. The second-order valence-electron chi connectivity index (χ2n) is 7.68. The maximum absolute atomic E-state index is 4.85. The molecule has 0 aliphatic heterocycles. The number of rotatable bonds is 4. The molecule has 0 atom stereocenters. The Kier molecular flexibility index (Phi) is 5.93. The van der Waals surface area contributed by atoms with Crippen molar-refractivity contribution in [2.45, 2.75) is 48.0 Å². The van der Waals surface area contributed by atoms with Gasteiger partial charge in [-0.2, -0.15) is 0 Å². The number of hydrogen-bond donors (Lipinski definition) is 1. The van der Waals surface area contributed by atoms with Crippen LogP contribution in [-0.2, 0) is 6.42 Å². The van der Waals surface area contributed by atoms with Gasteiger partial charge < -0.3 is 4.98 Å². The Morgan fingerprint density at radius 1 is 0.750 bits per heavy atom. The molecule has 3 heteroatoms. The Labute approximate surface area is 167 Å². The SMILES string of the molecule is Cc1cc(C)c(N=CCc2cccc(=Nc3c(C)cc(C)cc3C)[nH]2)c(C)c1. The number of H-pyrrole nitrogens is 1. The fourth-order valence-electron chi connectivity index (χ4n) is 3.77. The third-order valence-corrected chi connectivity index (χ3v) is 4.87. The van der Waals surface area contributed by atoms with Crippen molar-refractivity contribution in [3.8, 4) is 0 Å². The molecular formula is C25H29N3. The molecule has 2 aromatic carbocycles. The lowest BCUT2D eigenvalue weighted by molar-refractivity contribution is 1.05. The molecule has 28 heavy (non-hydrogen) atoms. The zero-order chi connectivity index (χ0) is 20.3. The van der Waals surface area contributed by atoms with Crippen LogP contribution in [0.1, 0.15) is 39.1 Å². The lowest BCUT2D eigenvalue weighted by Gasteiger charge is -2.07. The fourth-order valence-corrected chi connectivity index (χ4v) is 3.77. The maximum atomic E-state index is 4.85. The van der Waals surface area contributed by atoms with Crippen LogP contribution in [0.3, 0.4) is 0 Å². The summed E-state index contributed by atoms with van der Waals surface area (Å²) in [7, 11) is 0. The molecule has 0 aliphatic carbocycles. The van der Waals surface area contributed by atoms with Gasteiger partial charge in [-0.25, -0.2) is 4.99 Å². The highest BCUT2D eigenvalue weighted by atomic mass is 14.9. The van der Waals surface area contributed by atoms with E-state index >= 15 is 0 Å². The van der Waals surface area contributed by atoms with E-state index in [2.05, 4.69) is 76.9 Å². The van der Waals surface area contributed by atoms with E-state index in [4.69, 9.17) is 9.98 Å². The molecule has 3 aromatic rings. The van der Waals surface area contributed by atoms with Crippen molar-refractivity contribution in [1.82, 2.24) is 4.98 Å². The molecule has 1 heterocycles. The molecule has 0 unspecified atom stereocenters. The molecule has 3 nitrogen and oxygen atoms in total. The lowest BCUT2D eigenvalue weighted by Crippen LogP contribution is -2.09. The highest BCUT2D eigenvalue weighted by Gasteiger charge is 2.03. The predicted octanol–water partition coefficient (Wildman–Crippen LogP) is 6.04. The number of pyridine rings is 1. The van der Waals surface area contributed by atoms with E-state index in [1.807, 2.05) is 18.3 Å². The van der Waals surface area contributed by atoms with Crippen LogP contribution in [-0.4, -0.2) is 11.2 Å². The molecule has 1 N–H and O–H groups in total. The number of aryl methyl sites for hydroxylation is 6. The van der Waals surface area contributed by atoms with Gasteiger partial charge in [0, 0.05) is 18.3 Å². The van der Waals surface area contributed by atoms with E-state index in [-0.39, 0.29) is 0 Å². The Bertz CT molecular complexity index is 1050. The topological polar surface area (TPSA) is 40.5 Å². The first-order chi connectivity index (χ1) is 13.3. The molecule has 0 radical (unpaired) electrons. The van der Waals surface area contributed by atoms with Crippen molar-refractivity contribution in [3.63, 3.8) is 0 Å². The first-order valence-corrected chi connectivity index (χ1v) is 9.74. The van der Waals surface area contributed by atoms with Crippen molar-refractivity contribution < 1.29 is 0 Å². The maximum Gasteiger partial charge on any atom is 0.130 e. The number of aliphatic imine (C=N–C) groups is 1. The van der Waals surface area contributed by atoms with Gasteiger partial charge in [0.15, 0.2) is 0 Å². The fraction of sp³-hybridized carbons (Fsp3) is 0.280.